The fourth-order valence-electron chi connectivity index (χ4n) is 2.47. The highest BCUT2D eigenvalue weighted by Gasteiger charge is 2.30. The number of non-ortho nitro benzene ring substituents is 1. The van der Waals surface area contributed by atoms with Crippen LogP contribution < -0.4 is 5.32 Å². The van der Waals surface area contributed by atoms with Crippen molar-refractivity contribution >= 4 is 34.7 Å². The van der Waals surface area contributed by atoms with Crippen molar-refractivity contribution in [3.05, 3.63) is 75.3 Å². The predicted molar refractivity (Wildman–Crippen MR) is 103 cm³/mol. The third-order valence-corrected chi connectivity index (χ3v) is 4.81. The van der Waals surface area contributed by atoms with Gasteiger partial charge in [0.25, 0.3) is 5.69 Å². The number of hydrogen-bond acceptors (Lipinski definition) is 6. The van der Waals surface area contributed by atoms with Crippen molar-refractivity contribution in [2.45, 2.75) is 18.6 Å². The normalized spacial score (nSPS) is 18.4. The number of rotatable bonds is 5. The van der Waals surface area contributed by atoms with Crippen LogP contribution in [0.4, 0.5) is 5.69 Å². The molecule has 1 saturated heterocycles. The van der Waals surface area contributed by atoms with Crippen molar-refractivity contribution in [1.29, 1.82) is 0 Å². The van der Waals surface area contributed by atoms with Crippen molar-refractivity contribution in [2.75, 3.05) is 0 Å². The Bertz CT molecular complexity index is 894. The van der Waals surface area contributed by atoms with Gasteiger partial charge < -0.3 is 5.32 Å². The van der Waals surface area contributed by atoms with E-state index in [-0.39, 0.29) is 16.8 Å². The Hall–Kier alpha value is -3.00. The summed E-state index contributed by atoms with van der Waals surface area (Å²) in [7, 11) is 0. The lowest BCUT2D eigenvalue weighted by Crippen LogP contribution is -2.25. The Balaban J connectivity index is 1.61. The number of hydrogen-bond donors (Lipinski definition) is 1. The molecule has 0 saturated carbocycles. The van der Waals surface area contributed by atoms with Crippen LogP contribution in [-0.2, 0) is 11.2 Å². The van der Waals surface area contributed by atoms with Crippen LogP contribution >= 0.6 is 11.8 Å². The van der Waals surface area contributed by atoms with Crippen LogP contribution in [0.1, 0.15) is 16.7 Å². The molecule has 3 rings (SSSR count). The molecule has 1 heterocycles. The van der Waals surface area contributed by atoms with E-state index >= 15 is 0 Å². The zero-order valence-electron chi connectivity index (χ0n) is 14.0. The van der Waals surface area contributed by atoms with Crippen LogP contribution in [0.2, 0.25) is 0 Å². The van der Waals surface area contributed by atoms with Crippen LogP contribution in [0, 0.1) is 17.0 Å². The molecule has 1 aliphatic rings. The molecular formula is C18H16N4O3S. The Kier molecular flexibility index (Phi) is 5.43. The second-order valence-electron chi connectivity index (χ2n) is 5.79. The number of nitrogens with zero attached hydrogens (tertiary/aromatic N) is 3. The second kappa shape index (κ2) is 7.92. The lowest BCUT2D eigenvalue weighted by molar-refractivity contribution is -0.384. The molecule has 1 amide bonds. The number of carbonyl (C=O) groups excluding carboxylic acids is 1. The van der Waals surface area contributed by atoms with E-state index in [4.69, 9.17) is 0 Å². The topological polar surface area (TPSA) is 97.0 Å². The standard InChI is InChI=1S/C18H16N4O3S/c1-12-3-2-4-14(9-12)10-16-17(23)20-18(26-16)21-19-11-13-5-7-15(8-6-13)22(24)25/h2-9,11,16H,10H2,1H3,(H,20,21,23)/b19-11+/t16-/m0/s1. The molecule has 1 fully saturated rings. The summed E-state index contributed by atoms with van der Waals surface area (Å²) in [5.74, 6) is -0.0826. The van der Waals surface area contributed by atoms with Gasteiger partial charge in [0, 0.05) is 12.1 Å². The van der Waals surface area contributed by atoms with Gasteiger partial charge >= 0.3 is 0 Å². The SMILES string of the molecule is Cc1cccc(C[C@@H]2S/C(=N/N=C/c3ccc([N+](=O)[O-])cc3)NC2=O)c1. The van der Waals surface area contributed by atoms with Gasteiger partial charge in [-0.3, -0.25) is 14.9 Å². The first-order valence-corrected chi connectivity index (χ1v) is 8.78. The molecule has 1 atom stereocenters. The summed E-state index contributed by atoms with van der Waals surface area (Å²) in [4.78, 5) is 22.2. The lowest BCUT2D eigenvalue weighted by atomic mass is 10.1. The van der Waals surface area contributed by atoms with E-state index in [1.54, 1.807) is 12.1 Å². The molecule has 1 aliphatic heterocycles. The number of benzene rings is 2. The van der Waals surface area contributed by atoms with Crippen LogP contribution in [0.5, 0.6) is 0 Å². The first kappa shape index (κ1) is 17.8. The third-order valence-electron chi connectivity index (χ3n) is 3.74. The number of thioether (sulfide) groups is 1. The van der Waals surface area contributed by atoms with Crippen LogP contribution in [0.25, 0.3) is 0 Å². The Morgan fingerprint density at radius 3 is 2.73 bits per heavy atom. The smallest absolute Gasteiger partial charge is 0.269 e. The summed E-state index contributed by atoms with van der Waals surface area (Å²) in [6.45, 7) is 2.02. The number of nitrogens with one attached hydrogen (secondary N) is 1. The fraction of sp³-hybridized carbons (Fsp3) is 0.167. The number of nitro benzene ring substituents is 1. The second-order valence-corrected chi connectivity index (χ2v) is 6.98. The Morgan fingerprint density at radius 1 is 1.27 bits per heavy atom. The van der Waals surface area contributed by atoms with E-state index in [0.29, 0.717) is 17.2 Å². The molecule has 132 valence electrons. The van der Waals surface area contributed by atoms with Gasteiger partial charge in [0.2, 0.25) is 5.91 Å². The number of amidine groups is 1. The largest absolute Gasteiger partial charge is 0.303 e. The molecule has 7 nitrogen and oxygen atoms in total. The molecule has 0 radical (unpaired) electrons. The zero-order valence-corrected chi connectivity index (χ0v) is 14.8. The number of amides is 1. The van der Waals surface area contributed by atoms with Gasteiger partial charge in [0.1, 0.15) is 0 Å². The van der Waals surface area contributed by atoms with Crippen molar-refractivity contribution in [3.8, 4) is 0 Å². The molecule has 8 heteroatoms. The summed E-state index contributed by atoms with van der Waals surface area (Å²) in [6, 6.07) is 14.0. The third kappa shape index (κ3) is 4.54. The first-order valence-electron chi connectivity index (χ1n) is 7.90. The highest BCUT2D eigenvalue weighted by molar-refractivity contribution is 8.15. The molecule has 0 bridgehead atoms. The van der Waals surface area contributed by atoms with E-state index in [1.165, 1.54) is 30.1 Å². The summed E-state index contributed by atoms with van der Waals surface area (Å²) in [5, 5.41) is 21.5. The van der Waals surface area contributed by atoms with Crippen molar-refractivity contribution in [3.63, 3.8) is 0 Å². The van der Waals surface area contributed by atoms with Gasteiger partial charge in [-0.05, 0) is 36.6 Å². The van der Waals surface area contributed by atoms with E-state index in [1.807, 2.05) is 25.1 Å². The maximum Gasteiger partial charge on any atom is 0.269 e. The molecule has 0 unspecified atom stereocenters. The fourth-order valence-corrected chi connectivity index (χ4v) is 3.43. The average Bonchev–Trinajstić information content (AvgIpc) is 2.95. The maximum atomic E-state index is 12.1. The minimum Gasteiger partial charge on any atom is -0.303 e. The molecule has 1 N–H and O–H groups in total. The van der Waals surface area contributed by atoms with Crippen LogP contribution in [-0.4, -0.2) is 27.5 Å². The van der Waals surface area contributed by atoms with Crippen molar-refractivity contribution in [2.24, 2.45) is 10.2 Å². The quantitative estimate of drug-likeness (QED) is 0.498. The monoisotopic (exact) mass is 368 g/mol. The average molecular weight is 368 g/mol. The van der Waals surface area contributed by atoms with Gasteiger partial charge in [-0.25, -0.2) is 0 Å². The molecular weight excluding hydrogens is 352 g/mol. The maximum absolute atomic E-state index is 12.1. The summed E-state index contributed by atoms with van der Waals surface area (Å²) in [5.41, 5.74) is 2.97. The minimum atomic E-state index is -0.458. The summed E-state index contributed by atoms with van der Waals surface area (Å²) < 4.78 is 0. The van der Waals surface area contributed by atoms with Gasteiger partial charge in [0.05, 0.1) is 16.4 Å². The minimum absolute atomic E-state index is 0.0195. The number of nitro groups is 1. The summed E-state index contributed by atoms with van der Waals surface area (Å²) in [6.07, 6.45) is 2.11. The van der Waals surface area contributed by atoms with E-state index in [9.17, 15) is 14.9 Å². The first-order chi connectivity index (χ1) is 12.5. The molecule has 2 aromatic rings. The highest BCUT2D eigenvalue weighted by Crippen LogP contribution is 2.23. The highest BCUT2D eigenvalue weighted by atomic mass is 32.2. The van der Waals surface area contributed by atoms with Crippen LogP contribution in [0.15, 0.2) is 58.7 Å². The van der Waals surface area contributed by atoms with E-state index < -0.39 is 4.92 Å². The molecule has 26 heavy (non-hydrogen) atoms. The lowest BCUT2D eigenvalue weighted by Gasteiger charge is -2.05. The molecule has 2 aromatic carbocycles. The van der Waals surface area contributed by atoms with Crippen molar-refractivity contribution in [1.82, 2.24) is 5.32 Å². The van der Waals surface area contributed by atoms with E-state index in [2.05, 4.69) is 21.6 Å². The Morgan fingerprint density at radius 2 is 2.04 bits per heavy atom. The molecule has 0 spiro atoms. The Labute approximate surface area is 154 Å². The number of carbonyl (C=O) groups is 1. The van der Waals surface area contributed by atoms with Crippen molar-refractivity contribution < 1.29 is 9.72 Å². The molecule has 0 aliphatic carbocycles. The van der Waals surface area contributed by atoms with Gasteiger partial charge in [-0.2, -0.15) is 5.10 Å². The zero-order chi connectivity index (χ0) is 18.5. The van der Waals surface area contributed by atoms with E-state index in [0.717, 1.165) is 11.1 Å². The summed E-state index contributed by atoms with van der Waals surface area (Å²) >= 11 is 1.35. The van der Waals surface area contributed by atoms with Gasteiger partial charge in [0.15, 0.2) is 5.17 Å². The molecule has 0 aromatic heterocycles. The van der Waals surface area contributed by atoms with Gasteiger partial charge in [-0.1, -0.05) is 41.6 Å². The van der Waals surface area contributed by atoms with Crippen LogP contribution in [0.3, 0.4) is 0 Å². The number of aryl methyl sites for hydroxylation is 1. The van der Waals surface area contributed by atoms with Gasteiger partial charge in [-0.15, -0.1) is 5.10 Å². The predicted octanol–water partition coefficient (Wildman–Crippen LogP) is 3.07.